The van der Waals surface area contributed by atoms with Crippen LogP contribution in [0.1, 0.15) is 42.3 Å². The first-order chi connectivity index (χ1) is 18.0. The number of carbonyl (C=O) groups excluding carboxylic acids is 3. The van der Waals surface area contributed by atoms with Gasteiger partial charge < -0.3 is 25.0 Å². The largest absolute Gasteiger partial charge is 0.507 e. The number of anilines is 1. The minimum atomic E-state index is -1.61. The van der Waals surface area contributed by atoms with Gasteiger partial charge in [0.2, 0.25) is 0 Å². The van der Waals surface area contributed by atoms with Gasteiger partial charge in [-0.1, -0.05) is 0 Å². The molecule has 194 valence electrons. The third-order valence-corrected chi connectivity index (χ3v) is 6.87. The monoisotopic (exact) mass is 517 g/mol. The Bertz CT molecular complexity index is 1620. The second-order valence-corrected chi connectivity index (χ2v) is 9.15. The summed E-state index contributed by atoms with van der Waals surface area (Å²) in [6.45, 7) is 5.75. The zero-order chi connectivity index (χ0) is 27.5. The van der Waals surface area contributed by atoms with Gasteiger partial charge in [-0.15, -0.1) is 5.10 Å². The van der Waals surface area contributed by atoms with Gasteiger partial charge in [-0.05, 0) is 56.3 Å². The van der Waals surface area contributed by atoms with E-state index in [4.69, 9.17) is 9.47 Å². The molecule has 12 heteroatoms. The lowest BCUT2D eigenvalue weighted by Gasteiger charge is -2.29. The fourth-order valence-corrected chi connectivity index (χ4v) is 4.86. The topological polar surface area (TPSA) is 166 Å². The average molecular weight is 517 g/mol. The van der Waals surface area contributed by atoms with Crippen molar-refractivity contribution in [3.8, 4) is 28.7 Å². The fraction of sp³-hybridized carbons (Fsp3) is 0.231. The maximum atomic E-state index is 14.0. The Morgan fingerprint density at radius 1 is 1.18 bits per heavy atom. The molecule has 3 aromatic rings. The zero-order valence-corrected chi connectivity index (χ0v) is 21.1. The number of carbonyl (C=O) groups is 3. The van der Waals surface area contributed by atoms with Crippen LogP contribution in [0.2, 0.25) is 0 Å². The van der Waals surface area contributed by atoms with E-state index in [0.717, 1.165) is 6.08 Å². The van der Waals surface area contributed by atoms with Crippen LogP contribution in [0.15, 0.2) is 47.6 Å². The lowest BCUT2D eigenvalue weighted by molar-refractivity contribution is -0.123. The molecule has 0 saturated carbocycles. The van der Waals surface area contributed by atoms with Crippen molar-refractivity contribution in [2.24, 2.45) is 0 Å². The molecule has 5 rings (SSSR count). The molecule has 1 aliphatic heterocycles. The molecule has 12 nitrogen and oxygen atoms in total. The number of hydrogen-bond donors (Lipinski definition) is 3. The number of ketones is 3. The van der Waals surface area contributed by atoms with Gasteiger partial charge in [-0.25, -0.2) is 0 Å². The Kier molecular flexibility index (Phi) is 5.55. The summed E-state index contributed by atoms with van der Waals surface area (Å²) >= 11 is 0. The summed E-state index contributed by atoms with van der Waals surface area (Å²) in [4.78, 5) is 39.5. The molecule has 3 N–H and O–H groups in total. The van der Waals surface area contributed by atoms with Crippen LogP contribution < -0.4 is 14.8 Å². The van der Waals surface area contributed by atoms with E-state index in [2.05, 4.69) is 20.8 Å². The lowest BCUT2D eigenvalue weighted by atomic mass is 9.70. The molecule has 2 aliphatic rings. The SMILES string of the molecule is COc1ccc(NC(C)=C2C(=O)C=C3Oc4c(C(C)=O)c(O)c(C)c(O)c4[C@@]3(C)C2=O)cc1-n1cnnn1. The van der Waals surface area contributed by atoms with Crippen molar-refractivity contribution < 1.29 is 34.1 Å². The van der Waals surface area contributed by atoms with Gasteiger partial charge in [-0.3, -0.25) is 14.4 Å². The first kappa shape index (κ1) is 24.7. The van der Waals surface area contributed by atoms with Crippen LogP contribution in [0.3, 0.4) is 0 Å². The van der Waals surface area contributed by atoms with Gasteiger partial charge in [0.1, 0.15) is 51.8 Å². The van der Waals surface area contributed by atoms with Gasteiger partial charge >= 0.3 is 0 Å². The molecule has 1 atom stereocenters. The van der Waals surface area contributed by atoms with E-state index >= 15 is 0 Å². The third kappa shape index (κ3) is 3.37. The van der Waals surface area contributed by atoms with Crippen LogP contribution in [0.5, 0.6) is 23.0 Å². The van der Waals surface area contributed by atoms with Crippen molar-refractivity contribution in [2.45, 2.75) is 33.1 Å². The summed E-state index contributed by atoms with van der Waals surface area (Å²) in [5.74, 6) is -2.27. The van der Waals surface area contributed by atoms with E-state index in [1.165, 1.54) is 38.9 Å². The van der Waals surface area contributed by atoms with Gasteiger partial charge in [0.05, 0.1) is 18.2 Å². The number of aromatic hydroxyl groups is 2. The number of methoxy groups -OCH3 is 1. The van der Waals surface area contributed by atoms with Crippen LogP contribution in [0.4, 0.5) is 5.69 Å². The summed E-state index contributed by atoms with van der Waals surface area (Å²) < 4.78 is 12.6. The van der Waals surface area contributed by atoms with Gasteiger partial charge in [0.15, 0.2) is 17.3 Å². The van der Waals surface area contributed by atoms with Crippen molar-refractivity contribution >= 4 is 23.0 Å². The predicted octanol–water partition coefficient (Wildman–Crippen LogP) is 2.67. The number of phenolic OH excluding ortho intramolecular Hbond substituents is 2. The first-order valence-corrected chi connectivity index (χ1v) is 11.5. The van der Waals surface area contributed by atoms with Crippen molar-refractivity contribution in [3.05, 3.63) is 64.3 Å². The van der Waals surface area contributed by atoms with Crippen LogP contribution >= 0.6 is 0 Å². The van der Waals surface area contributed by atoms with E-state index in [1.54, 1.807) is 25.1 Å². The minimum absolute atomic E-state index is 0.0254. The van der Waals surface area contributed by atoms with Gasteiger partial charge in [0, 0.05) is 23.0 Å². The molecule has 1 aliphatic carbocycles. The molecule has 0 unspecified atom stereocenters. The van der Waals surface area contributed by atoms with Crippen LogP contribution in [-0.4, -0.2) is 54.9 Å². The van der Waals surface area contributed by atoms with E-state index in [0.29, 0.717) is 17.1 Å². The van der Waals surface area contributed by atoms with Crippen molar-refractivity contribution in [1.29, 1.82) is 0 Å². The number of aromatic nitrogens is 4. The number of Topliss-reactive ketones (excluding diaryl/α,β-unsaturated/α-hetero) is 2. The smallest absolute Gasteiger partial charge is 0.194 e. The highest BCUT2D eigenvalue weighted by Crippen LogP contribution is 2.57. The average Bonchev–Trinajstić information content (AvgIpc) is 3.50. The lowest BCUT2D eigenvalue weighted by Crippen LogP contribution is -2.40. The van der Waals surface area contributed by atoms with Gasteiger partial charge in [0.25, 0.3) is 0 Å². The summed E-state index contributed by atoms with van der Waals surface area (Å²) in [7, 11) is 1.50. The van der Waals surface area contributed by atoms with E-state index < -0.39 is 28.5 Å². The van der Waals surface area contributed by atoms with Gasteiger partial charge in [-0.2, -0.15) is 4.68 Å². The molecule has 0 radical (unpaired) electrons. The van der Waals surface area contributed by atoms with Crippen molar-refractivity contribution in [2.75, 3.05) is 12.4 Å². The second kappa shape index (κ2) is 8.54. The number of nitrogens with zero attached hydrogens (tertiary/aromatic N) is 4. The van der Waals surface area contributed by atoms with E-state index in [9.17, 15) is 24.6 Å². The number of fused-ring (bicyclic) bond motifs is 3. The number of allylic oxidation sites excluding steroid dienone is 4. The van der Waals surface area contributed by atoms with Crippen LogP contribution in [0, 0.1) is 6.92 Å². The molecule has 0 fully saturated rings. The highest BCUT2D eigenvalue weighted by atomic mass is 16.5. The highest BCUT2D eigenvalue weighted by molar-refractivity contribution is 6.31. The number of rotatable bonds is 5. The summed E-state index contributed by atoms with van der Waals surface area (Å²) in [5, 5.41) is 35.7. The molecule has 0 amide bonds. The summed E-state index contributed by atoms with van der Waals surface area (Å²) in [5.41, 5.74) is -0.581. The predicted molar refractivity (Wildman–Crippen MR) is 133 cm³/mol. The van der Waals surface area contributed by atoms with Crippen LogP contribution in [-0.2, 0) is 15.0 Å². The Balaban J connectivity index is 1.62. The Morgan fingerprint density at radius 2 is 1.92 bits per heavy atom. The quantitative estimate of drug-likeness (QED) is 0.259. The minimum Gasteiger partial charge on any atom is -0.507 e. The second-order valence-electron chi connectivity index (χ2n) is 9.15. The molecule has 1 aromatic heterocycles. The number of nitrogens with one attached hydrogen (secondary N) is 1. The Hall–Kier alpha value is -5.00. The molecule has 0 spiro atoms. The molecule has 0 bridgehead atoms. The molecule has 38 heavy (non-hydrogen) atoms. The maximum absolute atomic E-state index is 14.0. The molecular formula is C26H23N5O7. The maximum Gasteiger partial charge on any atom is 0.194 e. The summed E-state index contributed by atoms with van der Waals surface area (Å²) in [6.07, 6.45) is 2.56. The molecular weight excluding hydrogens is 494 g/mol. The summed E-state index contributed by atoms with van der Waals surface area (Å²) in [6, 6.07) is 5.06. The third-order valence-electron chi connectivity index (χ3n) is 6.87. The standard InChI is InChI=1S/C26H23N5O7/c1-11-22(34)20(13(3)32)24-21(23(11)35)26(4)18(38-24)9-16(33)19(25(26)36)12(2)28-14-6-7-17(37-5)15(8-14)31-10-27-29-30-31/h6-10,28,34-35H,1-5H3/t26-/m0/s1. The van der Waals surface area contributed by atoms with E-state index in [-0.39, 0.29) is 45.2 Å². The molecule has 2 aromatic carbocycles. The highest BCUT2D eigenvalue weighted by Gasteiger charge is 2.56. The van der Waals surface area contributed by atoms with Crippen molar-refractivity contribution in [3.63, 3.8) is 0 Å². The number of hydrogen-bond acceptors (Lipinski definition) is 11. The Morgan fingerprint density at radius 3 is 2.55 bits per heavy atom. The molecule has 0 saturated heterocycles. The van der Waals surface area contributed by atoms with E-state index in [1.807, 2.05) is 0 Å². The zero-order valence-electron chi connectivity index (χ0n) is 21.1. The normalized spacial score (nSPS) is 19.3. The fourth-order valence-electron chi connectivity index (χ4n) is 4.86. The van der Waals surface area contributed by atoms with Crippen molar-refractivity contribution in [1.82, 2.24) is 20.2 Å². The number of phenols is 2. The number of benzene rings is 2. The number of ether oxygens (including phenoxy) is 2. The first-order valence-electron chi connectivity index (χ1n) is 11.5. The van der Waals surface area contributed by atoms with Crippen LogP contribution in [0.25, 0.3) is 5.69 Å². The number of tetrazole rings is 1. The molecule has 2 heterocycles. The Labute approximate surface area is 216 Å².